The Hall–Kier alpha value is -0.980. The van der Waals surface area contributed by atoms with E-state index in [1.54, 1.807) is 0 Å². The smallest absolute Gasteiger partial charge is 0.126 e. The highest BCUT2D eigenvalue weighted by molar-refractivity contribution is 5.50. The first-order chi connectivity index (χ1) is 6.91. The van der Waals surface area contributed by atoms with Gasteiger partial charge in [0, 0.05) is 0 Å². The summed E-state index contributed by atoms with van der Waals surface area (Å²) >= 11 is 0. The highest BCUT2D eigenvalue weighted by atomic mass is 16.5. The van der Waals surface area contributed by atoms with Crippen molar-refractivity contribution in [1.29, 1.82) is 0 Å². The Bertz CT molecular complexity index is 402. The van der Waals surface area contributed by atoms with Crippen LogP contribution in [0.4, 0.5) is 0 Å². The molecule has 0 saturated heterocycles. The summed E-state index contributed by atoms with van der Waals surface area (Å²) in [5.41, 5.74) is 5.06. The second kappa shape index (κ2) is 3.26. The molecule has 1 radical (unpaired) electrons. The van der Waals surface area contributed by atoms with Gasteiger partial charge in [-0.25, -0.2) is 0 Å². The van der Waals surface area contributed by atoms with Crippen LogP contribution in [0.3, 0.4) is 0 Å². The van der Waals surface area contributed by atoms with E-state index in [1.807, 2.05) is 0 Å². The van der Waals surface area contributed by atoms with Crippen LogP contribution in [-0.2, 0) is 6.42 Å². The molecular formula is C14H19O. The Labute approximate surface area is 92.5 Å². The molecule has 0 spiro atoms. The summed E-state index contributed by atoms with van der Waals surface area (Å²) in [6.07, 6.45) is 2.21. The van der Waals surface area contributed by atoms with Crippen molar-refractivity contribution in [1.82, 2.24) is 0 Å². The number of aryl methyl sites for hydroxylation is 2. The molecule has 1 aromatic rings. The normalized spacial score (nSPS) is 18.2. The van der Waals surface area contributed by atoms with Crippen LogP contribution in [-0.4, -0.2) is 5.60 Å². The van der Waals surface area contributed by atoms with Gasteiger partial charge in [0.05, 0.1) is 0 Å². The van der Waals surface area contributed by atoms with Crippen molar-refractivity contribution < 1.29 is 4.74 Å². The molecule has 1 heteroatoms. The van der Waals surface area contributed by atoms with Gasteiger partial charge in [0.15, 0.2) is 0 Å². The lowest BCUT2D eigenvalue weighted by atomic mass is 9.89. The SMILES string of the molecule is Cc1[c]c(C)c2c(c1C)OC(C)(C)CC2. The van der Waals surface area contributed by atoms with E-state index in [4.69, 9.17) is 4.74 Å². The lowest BCUT2D eigenvalue weighted by Crippen LogP contribution is -2.33. The molecule has 1 aromatic carbocycles. The van der Waals surface area contributed by atoms with Crippen molar-refractivity contribution in [3.05, 3.63) is 28.3 Å². The standard InChI is InChI=1S/C14H19O/c1-9-8-10(2)12-6-7-14(4,5)15-13(12)11(9)3/h6-7H2,1-5H3. The van der Waals surface area contributed by atoms with Crippen molar-refractivity contribution in [2.45, 2.75) is 53.1 Å². The molecular weight excluding hydrogens is 184 g/mol. The van der Waals surface area contributed by atoms with Gasteiger partial charge in [0.1, 0.15) is 11.4 Å². The van der Waals surface area contributed by atoms with E-state index in [2.05, 4.69) is 40.7 Å². The number of benzene rings is 1. The number of rotatable bonds is 0. The third kappa shape index (κ3) is 1.75. The van der Waals surface area contributed by atoms with Gasteiger partial charge in [-0.15, -0.1) is 0 Å². The zero-order valence-electron chi connectivity index (χ0n) is 10.3. The molecule has 1 heterocycles. The van der Waals surface area contributed by atoms with Crippen molar-refractivity contribution in [2.75, 3.05) is 0 Å². The zero-order valence-corrected chi connectivity index (χ0v) is 10.3. The first-order valence-electron chi connectivity index (χ1n) is 5.62. The molecule has 15 heavy (non-hydrogen) atoms. The van der Waals surface area contributed by atoms with Gasteiger partial charge >= 0.3 is 0 Å². The van der Waals surface area contributed by atoms with Gasteiger partial charge in [-0.05, 0) is 75.8 Å². The van der Waals surface area contributed by atoms with Crippen LogP contribution in [0.2, 0.25) is 0 Å². The van der Waals surface area contributed by atoms with E-state index >= 15 is 0 Å². The summed E-state index contributed by atoms with van der Waals surface area (Å²) in [6, 6.07) is 3.41. The largest absolute Gasteiger partial charge is 0.487 e. The molecule has 0 aromatic heterocycles. The molecule has 0 amide bonds. The van der Waals surface area contributed by atoms with Crippen LogP contribution < -0.4 is 4.74 Å². The van der Waals surface area contributed by atoms with Gasteiger partial charge in [0.25, 0.3) is 0 Å². The Morgan fingerprint density at radius 2 is 1.80 bits per heavy atom. The third-order valence-electron chi connectivity index (χ3n) is 3.36. The van der Waals surface area contributed by atoms with Gasteiger partial charge in [-0.3, -0.25) is 0 Å². The second-order valence-electron chi connectivity index (χ2n) is 5.17. The maximum absolute atomic E-state index is 6.09. The summed E-state index contributed by atoms with van der Waals surface area (Å²) in [5.74, 6) is 1.11. The minimum absolute atomic E-state index is 0.0159. The van der Waals surface area contributed by atoms with Crippen molar-refractivity contribution in [3.8, 4) is 5.75 Å². The van der Waals surface area contributed by atoms with Crippen LogP contribution >= 0.6 is 0 Å². The highest BCUT2D eigenvalue weighted by Gasteiger charge is 2.29. The van der Waals surface area contributed by atoms with Crippen LogP contribution in [0.1, 0.15) is 42.5 Å². The molecule has 0 unspecified atom stereocenters. The summed E-state index contributed by atoms with van der Waals surface area (Å²) in [7, 11) is 0. The van der Waals surface area contributed by atoms with E-state index in [1.165, 1.54) is 22.3 Å². The molecule has 1 nitrogen and oxygen atoms in total. The van der Waals surface area contributed by atoms with Gasteiger partial charge < -0.3 is 4.74 Å². The van der Waals surface area contributed by atoms with Gasteiger partial charge in [-0.1, -0.05) is 0 Å². The fraction of sp³-hybridized carbons (Fsp3) is 0.571. The Morgan fingerprint density at radius 3 is 2.47 bits per heavy atom. The number of ether oxygens (including phenoxy) is 1. The fourth-order valence-electron chi connectivity index (χ4n) is 2.21. The first kappa shape index (κ1) is 10.5. The highest BCUT2D eigenvalue weighted by Crippen LogP contribution is 2.38. The molecule has 2 rings (SSSR count). The molecule has 0 N–H and O–H groups in total. The van der Waals surface area contributed by atoms with E-state index in [0.717, 1.165) is 18.6 Å². The summed E-state index contributed by atoms with van der Waals surface area (Å²) < 4.78 is 6.09. The van der Waals surface area contributed by atoms with E-state index in [9.17, 15) is 0 Å². The van der Waals surface area contributed by atoms with E-state index in [-0.39, 0.29) is 5.60 Å². The Morgan fingerprint density at radius 1 is 1.13 bits per heavy atom. The third-order valence-corrected chi connectivity index (χ3v) is 3.36. The molecule has 0 atom stereocenters. The fourth-order valence-corrected chi connectivity index (χ4v) is 2.21. The van der Waals surface area contributed by atoms with Crippen LogP contribution in [0.15, 0.2) is 0 Å². The maximum atomic E-state index is 6.09. The lowest BCUT2D eigenvalue weighted by molar-refractivity contribution is 0.0834. The van der Waals surface area contributed by atoms with Crippen molar-refractivity contribution in [3.63, 3.8) is 0 Å². The van der Waals surface area contributed by atoms with Crippen LogP contribution in [0, 0.1) is 26.8 Å². The average Bonchev–Trinajstić information content (AvgIpc) is 2.13. The molecule has 1 aliphatic heterocycles. The van der Waals surface area contributed by atoms with Gasteiger partial charge in [-0.2, -0.15) is 0 Å². The van der Waals surface area contributed by atoms with E-state index < -0.39 is 0 Å². The molecule has 1 aliphatic rings. The molecule has 0 bridgehead atoms. The summed E-state index contributed by atoms with van der Waals surface area (Å²) in [5, 5.41) is 0. The Balaban J connectivity index is 2.58. The first-order valence-corrected chi connectivity index (χ1v) is 5.62. The van der Waals surface area contributed by atoms with Crippen LogP contribution in [0.25, 0.3) is 0 Å². The van der Waals surface area contributed by atoms with Crippen LogP contribution in [0.5, 0.6) is 5.75 Å². The quantitative estimate of drug-likeness (QED) is 0.627. The number of hydrogen-bond acceptors (Lipinski definition) is 1. The molecule has 81 valence electrons. The lowest BCUT2D eigenvalue weighted by Gasteiger charge is -2.34. The number of hydrogen-bond donors (Lipinski definition) is 0. The minimum Gasteiger partial charge on any atom is -0.487 e. The summed E-state index contributed by atoms with van der Waals surface area (Å²) in [6.45, 7) is 10.7. The van der Waals surface area contributed by atoms with Gasteiger partial charge in [0.2, 0.25) is 0 Å². The minimum atomic E-state index is -0.0159. The second-order valence-corrected chi connectivity index (χ2v) is 5.17. The predicted molar refractivity (Wildman–Crippen MR) is 62.5 cm³/mol. The Kier molecular flexibility index (Phi) is 2.29. The monoisotopic (exact) mass is 203 g/mol. The molecule has 0 saturated carbocycles. The zero-order chi connectivity index (χ0) is 11.2. The topological polar surface area (TPSA) is 9.23 Å². The summed E-state index contributed by atoms with van der Waals surface area (Å²) in [4.78, 5) is 0. The maximum Gasteiger partial charge on any atom is 0.126 e. The van der Waals surface area contributed by atoms with E-state index in [0.29, 0.717) is 0 Å². The number of fused-ring (bicyclic) bond motifs is 1. The predicted octanol–water partition coefficient (Wildman–Crippen LogP) is 3.52. The molecule has 0 aliphatic carbocycles. The molecule has 0 fully saturated rings. The van der Waals surface area contributed by atoms with Crippen molar-refractivity contribution >= 4 is 0 Å². The average molecular weight is 203 g/mol. The van der Waals surface area contributed by atoms with Crippen molar-refractivity contribution in [2.24, 2.45) is 0 Å².